The van der Waals surface area contributed by atoms with Crippen LogP contribution in [0.2, 0.25) is 0 Å². The molecule has 3 heterocycles. The third kappa shape index (κ3) is 3.05. The second-order valence-electron chi connectivity index (χ2n) is 5.44. The van der Waals surface area contributed by atoms with Crippen LogP contribution in [0.5, 0.6) is 0 Å². The fraction of sp³-hybridized carbons (Fsp3) is 0.353. The molecule has 1 atom stereocenters. The third-order valence-corrected chi connectivity index (χ3v) is 5.76. The lowest BCUT2D eigenvalue weighted by Crippen LogP contribution is -2.38. The Morgan fingerprint density at radius 3 is 2.92 bits per heavy atom. The average Bonchev–Trinajstić information content (AvgIpc) is 3.22. The molecule has 2 aliphatic heterocycles. The topological polar surface area (TPSA) is 91.7 Å². The lowest BCUT2D eigenvalue weighted by atomic mass is 9.98. The van der Waals surface area contributed by atoms with Crippen LogP contribution in [0, 0.1) is 11.3 Å². The van der Waals surface area contributed by atoms with Crippen LogP contribution < -0.4 is 5.73 Å². The van der Waals surface area contributed by atoms with Crippen molar-refractivity contribution < 1.29 is 9.53 Å². The second kappa shape index (κ2) is 7.33. The van der Waals surface area contributed by atoms with Crippen molar-refractivity contribution in [3.05, 3.63) is 44.4 Å². The fourth-order valence-electron chi connectivity index (χ4n) is 2.86. The zero-order valence-electron chi connectivity index (χ0n) is 14.0. The van der Waals surface area contributed by atoms with E-state index in [1.165, 1.54) is 23.1 Å². The molecule has 2 N–H and O–H groups in total. The van der Waals surface area contributed by atoms with Crippen LogP contribution in [0.3, 0.4) is 0 Å². The Morgan fingerprint density at radius 2 is 2.32 bits per heavy atom. The molecule has 130 valence electrons. The molecule has 0 aromatic carbocycles. The molecule has 0 bridgehead atoms. The number of ether oxygens (including phenoxy) is 1. The van der Waals surface area contributed by atoms with Gasteiger partial charge in [0.25, 0.3) is 0 Å². The Labute approximate surface area is 154 Å². The smallest absolute Gasteiger partial charge is 0.338 e. The number of amidine groups is 1. The minimum absolute atomic E-state index is 0.291. The summed E-state index contributed by atoms with van der Waals surface area (Å²) in [4.78, 5) is 20.5. The maximum atomic E-state index is 12.7. The highest BCUT2D eigenvalue weighted by atomic mass is 32.2. The summed E-state index contributed by atoms with van der Waals surface area (Å²) in [7, 11) is 0. The number of nitriles is 1. The molecule has 1 aromatic heterocycles. The number of nitrogens with two attached hydrogens (primary N) is 1. The molecule has 0 spiro atoms. The molecule has 0 aliphatic carbocycles. The van der Waals surface area contributed by atoms with E-state index >= 15 is 0 Å². The van der Waals surface area contributed by atoms with E-state index in [1.807, 2.05) is 24.4 Å². The molecule has 2 aliphatic rings. The van der Waals surface area contributed by atoms with Crippen LogP contribution in [-0.4, -0.2) is 22.6 Å². The first-order chi connectivity index (χ1) is 12.1. The molecule has 25 heavy (non-hydrogen) atoms. The Hall–Kier alpha value is -2.24. The van der Waals surface area contributed by atoms with Gasteiger partial charge in [-0.2, -0.15) is 5.26 Å². The van der Waals surface area contributed by atoms with E-state index in [-0.39, 0.29) is 5.97 Å². The van der Waals surface area contributed by atoms with Gasteiger partial charge in [-0.15, -0.1) is 11.3 Å². The Kier molecular flexibility index (Phi) is 5.16. The van der Waals surface area contributed by atoms with Crippen LogP contribution in [0.4, 0.5) is 0 Å². The van der Waals surface area contributed by atoms with Crippen LogP contribution >= 0.6 is 23.1 Å². The number of fused-ring (bicyclic) bond motifs is 1. The zero-order chi connectivity index (χ0) is 18.0. The van der Waals surface area contributed by atoms with Crippen molar-refractivity contribution in [1.29, 1.82) is 5.26 Å². The first-order valence-corrected chi connectivity index (χ1v) is 9.71. The van der Waals surface area contributed by atoms with Gasteiger partial charge >= 0.3 is 5.97 Å². The number of aliphatic imine (C=N–C) groups is 1. The second-order valence-corrected chi connectivity index (χ2v) is 7.40. The first kappa shape index (κ1) is 17.6. The summed E-state index contributed by atoms with van der Waals surface area (Å²) in [5.74, 6) is -0.0441. The van der Waals surface area contributed by atoms with Gasteiger partial charge in [0.1, 0.15) is 22.8 Å². The Balaban J connectivity index is 2.19. The van der Waals surface area contributed by atoms with Crippen LogP contribution in [0.15, 0.2) is 44.5 Å². The summed E-state index contributed by atoms with van der Waals surface area (Å²) in [6, 6.07) is 5.60. The largest absolute Gasteiger partial charge is 0.463 e. The van der Waals surface area contributed by atoms with E-state index in [9.17, 15) is 10.1 Å². The number of rotatable bonds is 5. The maximum absolute atomic E-state index is 12.7. The highest BCUT2D eigenvalue weighted by Crippen LogP contribution is 2.47. The lowest BCUT2D eigenvalue weighted by molar-refractivity contribution is -0.139. The molecule has 1 aromatic rings. The van der Waals surface area contributed by atoms with Gasteiger partial charge in [0.2, 0.25) is 0 Å². The van der Waals surface area contributed by atoms with Crippen LogP contribution in [-0.2, 0) is 9.53 Å². The van der Waals surface area contributed by atoms with E-state index in [0.29, 0.717) is 40.2 Å². The van der Waals surface area contributed by atoms with Crippen LogP contribution in [0.1, 0.15) is 37.6 Å². The molecule has 0 unspecified atom stereocenters. The molecule has 8 heteroatoms. The molecular weight excluding hydrogens is 356 g/mol. The number of esters is 1. The van der Waals surface area contributed by atoms with Gasteiger partial charge in [-0.05, 0) is 36.6 Å². The van der Waals surface area contributed by atoms with Gasteiger partial charge in [-0.1, -0.05) is 19.4 Å². The van der Waals surface area contributed by atoms with E-state index in [4.69, 9.17) is 10.5 Å². The summed E-state index contributed by atoms with van der Waals surface area (Å²) in [6.45, 7) is 4.11. The average molecular weight is 374 g/mol. The number of thiophene rings is 1. The van der Waals surface area contributed by atoms with E-state index < -0.39 is 6.04 Å². The monoisotopic (exact) mass is 374 g/mol. The number of hydrogen-bond donors (Lipinski definition) is 1. The molecule has 0 fully saturated rings. The third-order valence-electron chi connectivity index (χ3n) is 3.86. The maximum Gasteiger partial charge on any atom is 0.338 e. The van der Waals surface area contributed by atoms with Crippen molar-refractivity contribution in [3.63, 3.8) is 0 Å². The summed E-state index contributed by atoms with van der Waals surface area (Å²) < 4.78 is 5.31. The molecular formula is C17H18N4O2S2. The number of carbonyl (C=O) groups is 1. The lowest BCUT2D eigenvalue weighted by Gasteiger charge is -2.34. The molecule has 0 saturated heterocycles. The van der Waals surface area contributed by atoms with Gasteiger partial charge in [-0.25, -0.2) is 9.79 Å². The summed E-state index contributed by atoms with van der Waals surface area (Å²) in [6.07, 6.45) is 1.51. The van der Waals surface area contributed by atoms with E-state index in [0.717, 1.165) is 11.3 Å². The predicted molar refractivity (Wildman–Crippen MR) is 99.3 cm³/mol. The molecule has 0 radical (unpaired) electrons. The fourth-order valence-corrected chi connectivity index (χ4v) is 4.57. The van der Waals surface area contributed by atoms with E-state index in [2.05, 4.69) is 11.1 Å². The Morgan fingerprint density at radius 1 is 1.52 bits per heavy atom. The summed E-state index contributed by atoms with van der Waals surface area (Å²) >= 11 is 2.79. The van der Waals surface area contributed by atoms with Crippen molar-refractivity contribution in [3.8, 4) is 6.07 Å². The molecule has 6 nitrogen and oxygen atoms in total. The van der Waals surface area contributed by atoms with Gasteiger partial charge in [0, 0.05) is 4.88 Å². The van der Waals surface area contributed by atoms with Gasteiger partial charge in [-0.3, -0.25) is 4.90 Å². The quantitative estimate of drug-likeness (QED) is 0.794. The number of hydrogen-bond acceptors (Lipinski definition) is 8. The Bertz CT molecular complexity index is 818. The number of nitrogens with zero attached hydrogens (tertiary/aromatic N) is 3. The van der Waals surface area contributed by atoms with Crippen molar-refractivity contribution in [2.45, 2.75) is 32.7 Å². The number of thioether (sulfide) groups is 1. The van der Waals surface area contributed by atoms with Crippen molar-refractivity contribution in [1.82, 2.24) is 4.90 Å². The minimum Gasteiger partial charge on any atom is -0.463 e. The highest BCUT2D eigenvalue weighted by Gasteiger charge is 2.43. The minimum atomic E-state index is -0.411. The molecule has 3 rings (SSSR count). The standard InChI is InChI=1S/C17H18N4O2S2/c1-3-6-10-13(16(22)23-4-2)14(11-7-5-8-24-11)21-15(19)12(9-18)25-17(21)20-10/h5,7-8,14H,3-4,6,19H2,1-2H3/t14-/m0/s1. The van der Waals surface area contributed by atoms with Crippen LogP contribution in [0.25, 0.3) is 0 Å². The number of carbonyl (C=O) groups excluding carboxylic acids is 1. The SMILES string of the molecule is CCCC1=C(C(=O)OCC)[C@H](c2cccs2)N2C(=N1)SC(C#N)=C2N. The van der Waals surface area contributed by atoms with Crippen molar-refractivity contribution in [2.75, 3.05) is 6.61 Å². The molecule has 0 saturated carbocycles. The predicted octanol–water partition coefficient (Wildman–Crippen LogP) is 3.48. The first-order valence-electron chi connectivity index (χ1n) is 8.01. The molecule has 0 amide bonds. The van der Waals surface area contributed by atoms with Crippen molar-refractivity contribution in [2.24, 2.45) is 10.7 Å². The number of allylic oxidation sites excluding steroid dienone is 2. The zero-order valence-corrected chi connectivity index (χ0v) is 15.6. The highest BCUT2D eigenvalue weighted by molar-refractivity contribution is 8.17. The van der Waals surface area contributed by atoms with Gasteiger partial charge in [0.05, 0.1) is 17.9 Å². The summed E-state index contributed by atoms with van der Waals surface area (Å²) in [5, 5.41) is 11.9. The normalized spacial score (nSPS) is 19.6. The van der Waals surface area contributed by atoms with Gasteiger partial charge in [0.15, 0.2) is 5.17 Å². The van der Waals surface area contributed by atoms with E-state index in [1.54, 1.807) is 11.8 Å². The van der Waals surface area contributed by atoms with Crippen molar-refractivity contribution >= 4 is 34.2 Å². The van der Waals surface area contributed by atoms with Gasteiger partial charge < -0.3 is 10.5 Å². The summed E-state index contributed by atoms with van der Waals surface area (Å²) in [5.41, 5.74) is 7.43.